The van der Waals surface area contributed by atoms with Crippen LogP contribution < -0.4 is 0 Å². The molecule has 1 aromatic heterocycles. The zero-order chi connectivity index (χ0) is 11.3. The van der Waals surface area contributed by atoms with Gasteiger partial charge in [-0.15, -0.1) is 18.3 Å². The Morgan fingerprint density at radius 2 is 2.20 bits per heavy atom. The average Bonchev–Trinajstić information content (AvgIpc) is 2.16. The Labute approximate surface area is 86.1 Å². The van der Waals surface area contributed by atoms with E-state index in [0.717, 1.165) is 6.08 Å². The second-order valence-electron chi connectivity index (χ2n) is 2.94. The quantitative estimate of drug-likeness (QED) is 0.551. The summed E-state index contributed by atoms with van der Waals surface area (Å²) in [5, 5.41) is 0. The van der Waals surface area contributed by atoms with Crippen LogP contribution in [-0.4, -0.2) is 12.0 Å². The van der Waals surface area contributed by atoms with Gasteiger partial charge in [0.25, 0.3) is 0 Å². The van der Waals surface area contributed by atoms with Gasteiger partial charge in [0.1, 0.15) is 0 Å². The Kier molecular flexibility index (Phi) is 3.56. The molecule has 0 amide bonds. The van der Waals surface area contributed by atoms with Crippen molar-refractivity contribution >= 4 is 13.1 Å². The molecular formula is C10H8BF3N-. The molecule has 0 fully saturated rings. The highest BCUT2D eigenvalue weighted by Gasteiger charge is 2.17. The molecule has 0 aliphatic heterocycles. The Bertz CT molecular complexity index is 404. The maximum atomic E-state index is 12.0. The molecule has 1 aromatic rings. The van der Waals surface area contributed by atoms with Crippen LogP contribution in [0.4, 0.5) is 12.9 Å². The predicted molar refractivity (Wildman–Crippen MR) is 54.9 cm³/mol. The van der Waals surface area contributed by atoms with Crippen molar-refractivity contribution in [2.24, 2.45) is 0 Å². The lowest BCUT2D eigenvalue weighted by Crippen LogP contribution is -2.09. The molecule has 0 aliphatic rings. The second-order valence-corrected chi connectivity index (χ2v) is 2.94. The predicted octanol–water partition coefficient (Wildman–Crippen LogP) is 2.66. The minimum absolute atomic E-state index is 0.245. The summed E-state index contributed by atoms with van der Waals surface area (Å²) in [5.74, 6) is 2.62. The van der Waals surface area contributed by atoms with E-state index in [4.69, 9.17) is 6.42 Å². The van der Waals surface area contributed by atoms with Gasteiger partial charge in [-0.1, -0.05) is 6.08 Å². The first-order valence-corrected chi connectivity index (χ1v) is 4.28. The maximum Gasteiger partial charge on any atom is 0.502 e. The van der Waals surface area contributed by atoms with Crippen molar-refractivity contribution < 1.29 is 12.9 Å². The van der Waals surface area contributed by atoms with Crippen LogP contribution >= 0.6 is 0 Å². The van der Waals surface area contributed by atoms with Gasteiger partial charge in [-0.05, 0) is 17.2 Å². The summed E-state index contributed by atoms with van der Waals surface area (Å²) in [5.41, 5.74) is 1.08. The fraction of sp³-hybridized carbons (Fsp3) is 0.100. The lowest BCUT2D eigenvalue weighted by Gasteiger charge is -2.07. The molecular weight excluding hydrogens is 202 g/mol. The number of hydrogen-bond donors (Lipinski definition) is 0. The summed E-state index contributed by atoms with van der Waals surface area (Å²) < 4.78 is 35.9. The molecule has 15 heavy (non-hydrogen) atoms. The zero-order valence-corrected chi connectivity index (χ0v) is 7.83. The average molecular weight is 210 g/mol. The first-order chi connectivity index (χ1) is 7.03. The Morgan fingerprint density at radius 3 is 2.80 bits per heavy atom. The van der Waals surface area contributed by atoms with Crippen LogP contribution in [-0.2, 0) is 6.42 Å². The van der Waals surface area contributed by atoms with Gasteiger partial charge in [0.2, 0.25) is 0 Å². The number of rotatable bonds is 3. The fourth-order valence-corrected chi connectivity index (χ4v) is 1.07. The van der Waals surface area contributed by atoms with Gasteiger partial charge in [-0.25, -0.2) is 0 Å². The summed E-state index contributed by atoms with van der Waals surface area (Å²) >= 11 is 0. The molecule has 0 radical (unpaired) electrons. The van der Waals surface area contributed by atoms with Gasteiger partial charge in [0.05, 0.1) is 0 Å². The maximum absolute atomic E-state index is 12.0. The summed E-state index contributed by atoms with van der Waals surface area (Å²) in [7, 11) is 0. The van der Waals surface area contributed by atoms with E-state index < -0.39 is 6.98 Å². The molecule has 0 aliphatic carbocycles. The fourth-order valence-electron chi connectivity index (χ4n) is 1.07. The van der Waals surface area contributed by atoms with Gasteiger partial charge in [-0.2, -0.15) is 0 Å². The normalized spacial score (nSPS) is 11.6. The van der Waals surface area contributed by atoms with E-state index in [-0.39, 0.29) is 12.4 Å². The molecule has 78 valence electrons. The molecule has 0 spiro atoms. The monoisotopic (exact) mass is 210 g/mol. The molecule has 0 aromatic carbocycles. The molecule has 0 N–H and O–H groups in total. The number of pyridine rings is 1. The summed E-state index contributed by atoms with van der Waals surface area (Å²) in [4.78, 5) is 3.80. The van der Waals surface area contributed by atoms with Crippen LogP contribution in [0.1, 0.15) is 11.1 Å². The molecule has 5 heteroatoms. The minimum atomic E-state index is -4.91. The van der Waals surface area contributed by atoms with E-state index in [0.29, 0.717) is 11.1 Å². The molecule has 1 nitrogen and oxygen atoms in total. The SMILES string of the molecule is C#CCc1cnccc1/C=C/[B-](F)(F)F. The first-order valence-electron chi connectivity index (χ1n) is 4.28. The van der Waals surface area contributed by atoms with Crippen LogP contribution in [0.3, 0.4) is 0 Å². The van der Waals surface area contributed by atoms with Gasteiger partial charge in [-0.3, -0.25) is 4.98 Å². The van der Waals surface area contributed by atoms with Crippen molar-refractivity contribution in [3.05, 3.63) is 35.6 Å². The number of terminal acetylenes is 1. The Balaban J connectivity index is 2.95. The number of hydrogen-bond acceptors (Lipinski definition) is 1. The van der Waals surface area contributed by atoms with E-state index >= 15 is 0 Å². The van der Waals surface area contributed by atoms with E-state index in [1.165, 1.54) is 18.5 Å². The van der Waals surface area contributed by atoms with Crippen molar-refractivity contribution in [1.82, 2.24) is 4.98 Å². The highest BCUT2D eigenvalue weighted by atomic mass is 19.4. The van der Waals surface area contributed by atoms with Crippen LogP contribution in [0.5, 0.6) is 0 Å². The zero-order valence-electron chi connectivity index (χ0n) is 7.83. The molecule has 0 atom stereocenters. The van der Waals surface area contributed by atoms with E-state index in [1.54, 1.807) is 0 Å². The van der Waals surface area contributed by atoms with Gasteiger partial charge >= 0.3 is 6.98 Å². The van der Waals surface area contributed by atoms with Crippen LogP contribution in [0.2, 0.25) is 0 Å². The largest absolute Gasteiger partial charge is 0.502 e. The van der Waals surface area contributed by atoms with Crippen molar-refractivity contribution in [3.63, 3.8) is 0 Å². The van der Waals surface area contributed by atoms with Crippen molar-refractivity contribution in [1.29, 1.82) is 0 Å². The van der Waals surface area contributed by atoms with Crippen molar-refractivity contribution in [2.75, 3.05) is 0 Å². The summed E-state index contributed by atoms with van der Waals surface area (Å²) in [6, 6.07) is 1.50. The van der Waals surface area contributed by atoms with Crippen LogP contribution in [0.25, 0.3) is 6.08 Å². The van der Waals surface area contributed by atoms with E-state index in [9.17, 15) is 12.9 Å². The van der Waals surface area contributed by atoms with E-state index in [2.05, 4.69) is 10.9 Å². The third-order valence-corrected chi connectivity index (χ3v) is 1.73. The smallest absolute Gasteiger partial charge is 0.445 e. The topological polar surface area (TPSA) is 12.9 Å². The van der Waals surface area contributed by atoms with Gasteiger partial charge in [0.15, 0.2) is 0 Å². The summed E-state index contributed by atoms with van der Waals surface area (Å²) in [6.07, 6.45) is 9.30. The third-order valence-electron chi connectivity index (χ3n) is 1.73. The van der Waals surface area contributed by atoms with Crippen LogP contribution in [0.15, 0.2) is 24.4 Å². The molecule has 1 rings (SSSR count). The first kappa shape index (κ1) is 11.4. The van der Waals surface area contributed by atoms with Gasteiger partial charge < -0.3 is 12.9 Å². The Hall–Kier alpha value is -1.70. The molecule has 0 bridgehead atoms. The highest BCUT2D eigenvalue weighted by molar-refractivity contribution is 6.64. The number of nitrogens with zero attached hydrogens (tertiary/aromatic N) is 1. The molecule has 1 heterocycles. The van der Waals surface area contributed by atoms with Crippen LogP contribution in [0, 0.1) is 12.3 Å². The molecule has 0 unspecified atom stereocenters. The number of halogens is 3. The highest BCUT2D eigenvalue weighted by Crippen LogP contribution is 2.15. The molecule has 0 saturated heterocycles. The minimum Gasteiger partial charge on any atom is -0.445 e. The third kappa shape index (κ3) is 3.90. The Morgan fingerprint density at radius 1 is 1.47 bits per heavy atom. The standard InChI is InChI=1S/C10H8BF3N/c1-2-3-10-8-15-7-5-9(10)4-6-11(12,13)14/h1,4-8H,3H2/q-1/b6-4+. The second kappa shape index (κ2) is 4.69. The van der Waals surface area contributed by atoms with Crippen molar-refractivity contribution in [3.8, 4) is 12.3 Å². The lowest BCUT2D eigenvalue weighted by molar-refractivity contribution is 0.499. The van der Waals surface area contributed by atoms with E-state index in [1.807, 2.05) is 0 Å². The molecule has 0 saturated carbocycles. The lowest BCUT2D eigenvalue weighted by atomic mass is 9.90. The van der Waals surface area contributed by atoms with Crippen molar-refractivity contribution in [2.45, 2.75) is 6.42 Å². The number of aromatic nitrogens is 1. The van der Waals surface area contributed by atoms with Gasteiger partial charge in [0, 0.05) is 18.8 Å². The summed E-state index contributed by atoms with van der Waals surface area (Å²) in [6.45, 7) is -4.91.